The third-order valence-electron chi connectivity index (χ3n) is 3.33. The topological polar surface area (TPSA) is 75.6 Å². The van der Waals surface area contributed by atoms with Gasteiger partial charge in [-0.3, -0.25) is 10.1 Å². The lowest BCUT2D eigenvalue weighted by atomic mass is 9.83. The van der Waals surface area contributed by atoms with E-state index in [0.717, 1.165) is 0 Å². The number of carbonyl (C=O) groups is 2. The number of hydrogen-bond donors (Lipinski definition) is 2. The summed E-state index contributed by atoms with van der Waals surface area (Å²) in [5.74, 6) is -0.562. The van der Waals surface area contributed by atoms with Crippen molar-refractivity contribution in [1.29, 1.82) is 0 Å². The van der Waals surface area contributed by atoms with Crippen LogP contribution in [0.3, 0.4) is 0 Å². The van der Waals surface area contributed by atoms with Crippen molar-refractivity contribution in [2.75, 3.05) is 5.32 Å². The molecule has 0 aromatic heterocycles. The van der Waals surface area contributed by atoms with E-state index in [1.165, 1.54) is 0 Å². The summed E-state index contributed by atoms with van der Waals surface area (Å²) in [6, 6.07) is 15.4. The van der Waals surface area contributed by atoms with Crippen molar-refractivity contribution in [2.45, 2.75) is 19.3 Å². The third kappa shape index (κ3) is 3.44. The van der Waals surface area contributed by atoms with Crippen molar-refractivity contribution in [1.82, 2.24) is 0 Å². The van der Waals surface area contributed by atoms with E-state index >= 15 is 0 Å². The fourth-order valence-electron chi connectivity index (χ4n) is 1.98. The zero-order valence-corrected chi connectivity index (χ0v) is 12.4. The first-order valence-electron chi connectivity index (χ1n) is 6.78. The van der Waals surface area contributed by atoms with E-state index in [9.17, 15) is 14.7 Å². The number of anilines is 1. The van der Waals surface area contributed by atoms with Crippen LogP contribution in [0.2, 0.25) is 0 Å². The zero-order chi connectivity index (χ0) is 16.2. The molecule has 0 atom stereocenters. The maximum Gasteiger partial charge on any atom is 0.417 e. The van der Waals surface area contributed by atoms with Gasteiger partial charge in [-0.25, -0.2) is 4.79 Å². The Morgan fingerprint density at radius 2 is 1.59 bits per heavy atom. The lowest BCUT2D eigenvalue weighted by Crippen LogP contribution is -2.30. The van der Waals surface area contributed by atoms with E-state index in [4.69, 9.17) is 4.74 Å². The van der Waals surface area contributed by atoms with Gasteiger partial charge in [-0.2, -0.15) is 0 Å². The summed E-state index contributed by atoms with van der Waals surface area (Å²) in [6.45, 7) is 3.16. The van der Waals surface area contributed by atoms with E-state index < -0.39 is 17.5 Å². The maximum atomic E-state index is 12.0. The van der Waals surface area contributed by atoms with E-state index in [1.807, 2.05) is 6.07 Å². The molecule has 0 saturated heterocycles. The molecule has 0 heterocycles. The molecule has 5 nitrogen and oxygen atoms in total. The van der Waals surface area contributed by atoms with Gasteiger partial charge in [-0.15, -0.1) is 0 Å². The molecule has 0 fully saturated rings. The van der Waals surface area contributed by atoms with Crippen molar-refractivity contribution >= 4 is 17.7 Å². The number of para-hydroxylation sites is 2. The highest BCUT2D eigenvalue weighted by Gasteiger charge is 2.32. The average molecular weight is 299 g/mol. The van der Waals surface area contributed by atoms with Crippen LogP contribution in [0.25, 0.3) is 0 Å². The van der Waals surface area contributed by atoms with E-state index in [-0.39, 0.29) is 0 Å². The fourth-order valence-corrected chi connectivity index (χ4v) is 1.98. The van der Waals surface area contributed by atoms with Crippen LogP contribution in [0.4, 0.5) is 10.5 Å². The molecule has 0 aliphatic heterocycles. The molecule has 5 heteroatoms. The van der Waals surface area contributed by atoms with Gasteiger partial charge in [0.15, 0.2) is 0 Å². The molecular formula is C17H17NO4. The lowest BCUT2D eigenvalue weighted by Gasteiger charge is -2.23. The molecule has 0 aliphatic rings. The Labute approximate surface area is 128 Å². The van der Waals surface area contributed by atoms with Gasteiger partial charge in [0.05, 0.1) is 5.41 Å². The fraction of sp³-hybridized carbons (Fsp3) is 0.176. The van der Waals surface area contributed by atoms with Gasteiger partial charge in [0.25, 0.3) is 0 Å². The summed E-state index contributed by atoms with van der Waals surface area (Å²) in [5.41, 5.74) is -0.209. The van der Waals surface area contributed by atoms with Crippen LogP contribution < -0.4 is 10.1 Å². The first-order chi connectivity index (χ1) is 10.4. The number of carbonyl (C=O) groups excluding carboxylic acids is 1. The molecule has 2 aromatic rings. The van der Waals surface area contributed by atoms with Gasteiger partial charge in [0, 0.05) is 5.69 Å². The van der Waals surface area contributed by atoms with Crippen molar-refractivity contribution in [3.63, 3.8) is 0 Å². The number of ether oxygens (including phenoxy) is 1. The Hall–Kier alpha value is -2.82. The van der Waals surface area contributed by atoms with Crippen LogP contribution in [-0.4, -0.2) is 17.2 Å². The number of benzene rings is 2. The molecule has 0 saturated carbocycles. The summed E-state index contributed by atoms with van der Waals surface area (Å²) in [4.78, 5) is 23.4. The summed E-state index contributed by atoms with van der Waals surface area (Å²) >= 11 is 0. The highest BCUT2D eigenvalue weighted by molar-refractivity contribution is 5.90. The van der Waals surface area contributed by atoms with Gasteiger partial charge >= 0.3 is 12.1 Å². The monoisotopic (exact) mass is 299 g/mol. The van der Waals surface area contributed by atoms with Gasteiger partial charge in [-0.1, -0.05) is 36.4 Å². The highest BCUT2D eigenvalue weighted by atomic mass is 16.6. The minimum atomic E-state index is -1.13. The van der Waals surface area contributed by atoms with Gasteiger partial charge < -0.3 is 9.84 Å². The quantitative estimate of drug-likeness (QED) is 0.903. The molecule has 0 bridgehead atoms. The van der Waals surface area contributed by atoms with Gasteiger partial charge in [0.1, 0.15) is 5.75 Å². The smallest absolute Gasteiger partial charge is 0.417 e. The van der Waals surface area contributed by atoms with Crippen LogP contribution in [-0.2, 0) is 10.2 Å². The lowest BCUT2D eigenvalue weighted by molar-refractivity contribution is -0.142. The van der Waals surface area contributed by atoms with Gasteiger partial charge in [0.2, 0.25) is 0 Å². The van der Waals surface area contributed by atoms with Crippen molar-refractivity contribution in [3.05, 3.63) is 60.2 Å². The van der Waals surface area contributed by atoms with Gasteiger partial charge in [-0.05, 0) is 37.6 Å². The first kappa shape index (κ1) is 15.6. The SMILES string of the molecule is CC(C)(C(=O)O)c1ccccc1NC(=O)Oc1ccccc1. The largest absolute Gasteiger partial charge is 0.481 e. The third-order valence-corrected chi connectivity index (χ3v) is 3.33. The minimum absolute atomic E-state index is 0.412. The molecule has 1 amide bonds. The molecule has 0 radical (unpaired) electrons. The second-order valence-corrected chi connectivity index (χ2v) is 5.30. The molecule has 0 spiro atoms. The van der Waals surface area contributed by atoms with Crippen molar-refractivity contribution in [3.8, 4) is 5.75 Å². The second kappa shape index (κ2) is 6.30. The Morgan fingerprint density at radius 3 is 2.23 bits per heavy atom. The summed E-state index contributed by atoms with van der Waals surface area (Å²) in [7, 11) is 0. The standard InChI is InChI=1S/C17H17NO4/c1-17(2,15(19)20)13-10-6-7-11-14(13)18-16(21)22-12-8-4-3-5-9-12/h3-11H,1-2H3,(H,18,21)(H,19,20). The molecule has 0 aliphatic carbocycles. The predicted octanol–water partition coefficient (Wildman–Crippen LogP) is 3.66. The number of carboxylic acids is 1. The average Bonchev–Trinajstić information content (AvgIpc) is 2.48. The van der Waals surface area contributed by atoms with Crippen LogP contribution in [0, 0.1) is 0 Å². The molecular weight excluding hydrogens is 282 g/mol. The molecule has 2 aromatic carbocycles. The van der Waals surface area contributed by atoms with E-state index in [2.05, 4.69) is 5.32 Å². The Balaban J connectivity index is 2.20. The van der Waals surface area contributed by atoms with Crippen molar-refractivity contribution < 1.29 is 19.4 Å². The Morgan fingerprint density at radius 1 is 1.00 bits per heavy atom. The summed E-state index contributed by atoms with van der Waals surface area (Å²) in [6.07, 6.45) is -0.667. The van der Waals surface area contributed by atoms with Crippen molar-refractivity contribution in [2.24, 2.45) is 0 Å². The number of amides is 1. The molecule has 0 unspecified atom stereocenters. The van der Waals surface area contributed by atoms with E-state index in [0.29, 0.717) is 17.0 Å². The summed E-state index contributed by atoms with van der Waals surface area (Å²) < 4.78 is 5.15. The van der Waals surface area contributed by atoms with Crippen LogP contribution in [0.5, 0.6) is 5.75 Å². The molecule has 2 rings (SSSR count). The molecule has 2 N–H and O–H groups in total. The first-order valence-corrected chi connectivity index (χ1v) is 6.78. The highest BCUT2D eigenvalue weighted by Crippen LogP contribution is 2.30. The van der Waals surface area contributed by atoms with Crippen LogP contribution >= 0.6 is 0 Å². The van der Waals surface area contributed by atoms with E-state index in [1.54, 1.807) is 62.4 Å². The number of aliphatic carboxylic acids is 1. The normalized spacial score (nSPS) is 10.8. The number of carboxylic acid groups (broad SMARTS) is 1. The van der Waals surface area contributed by atoms with Crippen LogP contribution in [0.1, 0.15) is 19.4 Å². The molecule has 114 valence electrons. The Kier molecular flexibility index (Phi) is 4.46. The predicted molar refractivity (Wildman–Crippen MR) is 83.2 cm³/mol. The second-order valence-electron chi connectivity index (χ2n) is 5.30. The summed E-state index contributed by atoms with van der Waals surface area (Å²) in [5, 5.41) is 11.9. The molecule has 22 heavy (non-hydrogen) atoms. The Bertz CT molecular complexity index is 680. The number of rotatable bonds is 4. The number of hydrogen-bond acceptors (Lipinski definition) is 3. The number of nitrogens with one attached hydrogen (secondary N) is 1. The maximum absolute atomic E-state index is 12.0. The van der Waals surface area contributed by atoms with Crippen LogP contribution in [0.15, 0.2) is 54.6 Å². The zero-order valence-electron chi connectivity index (χ0n) is 12.4. The minimum Gasteiger partial charge on any atom is -0.481 e.